The SMILES string of the molecule is C1CCC2C3NC(NC4NC(NC5NC(NC6NC(N3)C3CCCCC63)C3CCCCC53)C3CCCCC43)C2C1.[C-]#N.[C-]#N.[Co+2]. The van der Waals surface area contributed by atoms with Crippen LogP contribution >= 0.6 is 0 Å². The van der Waals surface area contributed by atoms with Gasteiger partial charge < -0.3 is 23.7 Å². The third kappa shape index (κ3) is 6.37. The molecule has 0 spiro atoms. The summed E-state index contributed by atoms with van der Waals surface area (Å²) in [6, 6.07) is 0. The molecule has 45 heavy (non-hydrogen) atoms. The maximum absolute atomic E-state index is 6.25. The molecular formula is C34H56CoN10. The van der Waals surface area contributed by atoms with Crippen LogP contribution in [0.25, 0.3) is 0 Å². The number of nitrogens with one attached hydrogen (secondary N) is 8. The summed E-state index contributed by atoms with van der Waals surface area (Å²) in [5.74, 6) is 5.97. The molecule has 0 aromatic heterocycles. The number of rotatable bonds is 0. The zero-order valence-electron chi connectivity index (χ0n) is 26.8. The largest absolute Gasteiger partial charge is 2.00 e. The Morgan fingerprint density at radius 1 is 0.267 bits per heavy atom. The zero-order chi connectivity index (χ0) is 30.2. The molecule has 5 heterocycles. The van der Waals surface area contributed by atoms with Crippen molar-refractivity contribution in [2.75, 3.05) is 0 Å². The third-order valence-corrected chi connectivity index (χ3v) is 13.8. The summed E-state index contributed by atoms with van der Waals surface area (Å²) in [6.07, 6.45) is 25.6. The summed E-state index contributed by atoms with van der Waals surface area (Å²) in [5, 5.41) is 46.3. The van der Waals surface area contributed by atoms with Crippen molar-refractivity contribution in [2.45, 2.75) is 152 Å². The Morgan fingerprint density at radius 2 is 0.378 bits per heavy atom. The molecule has 8 bridgehead atoms. The Kier molecular flexibility index (Phi) is 11.5. The molecule has 1 radical (unpaired) electrons. The maximum Gasteiger partial charge on any atom is 2.00 e. The summed E-state index contributed by atoms with van der Waals surface area (Å²) < 4.78 is 0. The predicted octanol–water partition coefficient (Wildman–Crippen LogP) is 2.80. The van der Waals surface area contributed by atoms with Crippen LogP contribution in [-0.2, 0) is 16.8 Å². The molecule has 4 aliphatic carbocycles. The number of fused-ring (bicyclic) bond motifs is 20. The van der Waals surface area contributed by atoms with Gasteiger partial charge in [-0.15, -0.1) is 0 Å². The summed E-state index contributed by atoms with van der Waals surface area (Å²) in [4.78, 5) is 0. The van der Waals surface area contributed by atoms with E-state index in [1.807, 2.05) is 0 Å². The van der Waals surface area contributed by atoms with Crippen LogP contribution in [0.1, 0.15) is 103 Å². The van der Waals surface area contributed by atoms with Gasteiger partial charge in [-0.3, -0.25) is 42.5 Å². The van der Waals surface area contributed by atoms with Crippen LogP contribution in [0.5, 0.6) is 0 Å². The van der Waals surface area contributed by atoms with E-state index in [-0.39, 0.29) is 16.8 Å². The van der Waals surface area contributed by atoms with E-state index in [1.54, 1.807) is 0 Å². The number of hydrogen-bond acceptors (Lipinski definition) is 10. The van der Waals surface area contributed by atoms with Crippen LogP contribution < -0.4 is 42.5 Å². The predicted molar refractivity (Wildman–Crippen MR) is 167 cm³/mol. The molecule has 8 atom stereocenters. The topological polar surface area (TPSA) is 144 Å². The smallest absolute Gasteiger partial charge is 0.512 e. The van der Waals surface area contributed by atoms with E-state index < -0.39 is 0 Å². The fraction of sp³-hybridized carbons (Fsp3) is 0.941. The van der Waals surface area contributed by atoms with E-state index in [2.05, 4.69) is 42.5 Å². The van der Waals surface area contributed by atoms with Gasteiger partial charge in [0, 0.05) is 0 Å². The van der Waals surface area contributed by atoms with E-state index in [0.29, 0.717) is 49.3 Å². The molecule has 4 saturated carbocycles. The first-order valence-electron chi connectivity index (χ1n) is 18.3. The van der Waals surface area contributed by atoms with Crippen molar-refractivity contribution in [2.24, 2.45) is 47.3 Å². The Balaban J connectivity index is 0.000000689. The van der Waals surface area contributed by atoms with Crippen molar-refractivity contribution in [3.05, 3.63) is 13.1 Å². The van der Waals surface area contributed by atoms with E-state index in [4.69, 9.17) is 23.7 Å². The van der Waals surface area contributed by atoms with Gasteiger partial charge in [-0.25, -0.2) is 0 Å². The third-order valence-electron chi connectivity index (χ3n) is 13.8. The molecule has 251 valence electrons. The molecule has 5 aliphatic heterocycles. The normalized spacial score (nSPS) is 51.3. The first-order chi connectivity index (χ1) is 21.8. The molecular weight excluding hydrogens is 607 g/mol. The van der Waals surface area contributed by atoms with Crippen molar-refractivity contribution in [3.8, 4) is 0 Å². The Morgan fingerprint density at radius 3 is 0.489 bits per heavy atom. The molecule has 10 nitrogen and oxygen atoms in total. The Labute approximate surface area is 281 Å². The fourth-order valence-electron chi connectivity index (χ4n) is 12.0. The monoisotopic (exact) mass is 663 g/mol. The van der Waals surface area contributed by atoms with Crippen LogP contribution in [0.3, 0.4) is 0 Å². The minimum Gasteiger partial charge on any atom is -0.512 e. The van der Waals surface area contributed by atoms with Gasteiger partial charge in [0.25, 0.3) is 0 Å². The summed E-state index contributed by atoms with van der Waals surface area (Å²) in [5.41, 5.74) is 0. The zero-order valence-corrected chi connectivity index (χ0v) is 27.8. The van der Waals surface area contributed by atoms with Crippen molar-refractivity contribution in [3.63, 3.8) is 0 Å². The van der Waals surface area contributed by atoms with Gasteiger partial charge in [-0.1, -0.05) is 51.4 Å². The Bertz CT molecular complexity index is 798. The van der Waals surface area contributed by atoms with Crippen LogP contribution in [0, 0.1) is 71.0 Å². The molecule has 8 N–H and O–H groups in total. The molecule has 8 unspecified atom stereocenters. The average molecular weight is 664 g/mol. The molecule has 9 rings (SSSR count). The summed E-state index contributed by atoms with van der Waals surface area (Å²) >= 11 is 0. The van der Waals surface area contributed by atoms with Gasteiger partial charge in [0.1, 0.15) is 0 Å². The summed E-state index contributed by atoms with van der Waals surface area (Å²) in [6.45, 7) is 9.50. The number of hydrogen-bond donors (Lipinski definition) is 8. The van der Waals surface area contributed by atoms with Gasteiger partial charge in [-0.05, 0) is 98.7 Å². The summed E-state index contributed by atoms with van der Waals surface area (Å²) in [7, 11) is 0. The first kappa shape index (κ1) is 34.0. The minimum atomic E-state index is 0. The minimum absolute atomic E-state index is 0. The first-order valence-corrected chi connectivity index (χ1v) is 18.3. The molecule has 0 amide bonds. The molecule has 11 heteroatoms. The van der Waals surface area contributed by atoms with E-state index in [9.17, 15) is 0 Å². The van der Waals surface area contributed by atoms with Crippen molar-refractivity contribution in [1.82, 2.24) is 42.5 Å². The van der Waals surface area contributed by atoms with E-state index in [1.165, 1.54) is 103 Å². The second kappa shape index (κ2) is 15.2. The second-order valence-corrected chi connectivity index (χ2v) is 15.6. The standard InChI is InChI=1S/C32H56N8.2CN.Co/c1-2-10-18-17(9-1)25-33-26(18)38-28-21-13-5-6-14-22(21)30(35-28)40-32-24-16-8-7-15-23(24)31(36-32)39-29-20-12-4-3-11-19(20)27(34-29)37-25;2*1-2;/h17-40H,1-16H2;;;/q;2*-1;+2. The van der Waals surface area contributed by atoms with Gasteiger partial charge in [-0.2, -0.15) is 0 Å². The number of nitrogens with zero attached hydrogens (tertiary/aromatic N) is 2. The van der Waals surface area contributed by atoms with E-state index >= 15 is 0 Å². The quantitative estimate of drug-likeness (QED) is 0.182. The maximum atomic E-state index is 6.25. The van der Waals surface area contributed by atoms with Crippen molar-refractivity contribution in [1.29, 1.82) is 10.5 Å². The van der Waals surface area contributed by atoms with Gasteiger partial charge in [0.2, 0.25) is 0 Å². The van der Waals surface area contributed by atoms with Gasteiger partial charge >= 0.3 is 16.8 Å². The van der Waals surface area contributed by atoms with Gasteiger partial charge in [0.05, 0.1) is 49.3 Å². The Hall–Kier alpha value is -0.834. The molecule has 9 aliphatic rings. The molecule has 5 saturated heterocycles. The van der Waals surface area contributed by atoms with Gasteiger partial charge in [0.15, 0.2) is 0 Å². The second-order valence-electron chi connectivity index (χ2n) is 15.6. The van der Waals surface area contributed by atoms with Crippen LogP contribution in [0.15, 0.2) is 0 Å². The van der Waals surface area contributed by atoms with Crippen LogP contribution in [0.2, 0.25) is 0 Å². The van der Waals surface area contributed by atoms with E-state index in [0.717, 1.165) is 47.3 Å². The molecule has 9 fully saturated rings. The van der Waals surface area contributed by atoms with Crippen LogP contribution in [0.4, 0.5) is 0 Å². The van der Waals surface area contributed by atoms with Crippen LogP contribution in [-0.4, -0.2) is 49.3 Å². The fourth-order valence-corrected chi connectivity index (χ4v) is 12.0. The van der Waals surface area contributed by atoms with Crippen molar-refractivity contribution >= 4 is 0 Å². The molecule has 0 aromatic carbocycles. The molecule has 0 aromatic rings. The average Bonchev–Trinajstić information content (AvgIpc) is 3.82. The van der Waals surface area contributed by atoms with Crippen molar-refractivity contribution < 1.29 is 16.8 Å².